The Balaban J connectivity index is 1.68. The number of aliphatic hydroxyl groups excluding tert-OH is 1. The summed E-state index contributed by atoms with van der Waals surface area (Å²) in [6.45, 7) is 11.0. The van der Waals surface area contributed by atoms with Crippen LogP contribution in [0.4, 0.5) is 0 Å². The zero-order valence-corrected chi connectivity index (χ0v) is 23.2. The molecule has 4 fully saturated rings. The molecule has 8 heteroatoms. The number of unbranched alkanes of at least 4 members (excludes halogenated alkanes) is 2. The van der Waals surface area contributed by atoms with Crippen LogP contribution in [0.15, 0.2) is 25.3 Å². The first-order valence-electron chi connectivity index (χ1n) is 14.1. The zero-order chi connectivity index (χ0) is 26.6. The summed E-state index contributed by atoms with van der Waals surface area (Å²) in [7, 11) is 0. The topological polar surface area (TPSA) is 87.1 Å². The van der Waals surface area contributed by atoms with Crippen molar-refractivity contribution >= 4 is 29.5 Å². The van der Waals surface area contributed by atoms with Crippen molar-refractivity contribution in [2.45, 2.75) is 99.1 Å². The van der Waals surface area contributed by atoms with Crippen molar-refractivity contribution in [3.8, 4) is 0 Å². The first-order chi connectivity index (χ1) is 17.8. The number of ether oxygens (including phenoxy) is 1. The molecule has 2 unspecified atom stereocenters. The molecule has 7 nitrogen and oxygen atoms in total. The predicted octanol–water partition coefficient (Wildman–Crippen LogP) is 4.10. The molecular formula is C29H44N2O5S. The average molecular weight is 533 g/mol. The van der Waals surface area contributed by atoms with Crippen LogP contribution in [0.25, 0.3) is 0 Å². The lowest BCUT2D eigenvalue weighted by molar-refractivity contribution is -0.155. The number of likely N-dealkylation sites (tertiary alicyclic amines) is 1. The highest BCUT2D eigenvalue weighted by Gasteiger charge is 2.77. The Kier molecular flexibility index (Phi) is 9.10. The van der Waals surface area contributed by atoms with Gasteiger partial charge in [-0.1, -0.05) is 31.4 Å². The van der Waals surface area contributed by atoms with E-state index in [0.29, 0.717) is 25.9 Å². The number of aliphatic hydroxyl groups is 1. The van der Waals surface area contributed by atoms with Gasteiger partial charge < -0.3 is 19.6 Å². The Labute approximate surface area is 226 Å². The fourth-order valence-corrected chi connectivity index (χ4v) is 9.65. The molecule has 4 rings (SSSR count). The highest BCUT2D eigenvalue weighted by atomic mass is 32.2. The van der Waals surface area contributed by atoms with Crippen LogP contribution in [0.5, 0.6) is 0 Å². The number of amides is 2. The summed E-state index contributed by atoms with van der Waals surface area (Å²) in [5.74, 6) is -1.48. The van der Waals surface area contributed by atoms with Gasteiger partial charge in [0.2, 0.25) is 11.8 Å². The van der Waals surface area contributed by atoms with E-state index in [2.05, 4.69) is 20.1 Å². The first-order valence-corrected chi connectivity index (χ1v) is 15.0. The first kappa shape index (κ1) is 28.2. The van der Waals surface area contributed by atoms with E-state index in [1.807, 2.05) is 4.90 Å². The maximum atomic E-state index is 14.5. The van der Waals surface area contributed by atoms with Crippen LogP contribution in [0, 0.1) is 11.8 Å². The van der Waals surface area contributed by atoms with Gasteiger partial charge in [-0.3, -0.25) is 14.4 Å². The Morgan fingerprint density at radius 2 is 1.92 bits per heavy atom. The fourth-order valence-electron chi connectivity index (χ4n) is 7.31. The highest BCUT2D eigenvalue weighted by Crippen LogP contribution is 2.71. The van der Waals surface area contributed by atoms with E-state index in [4.69, 9.17) is 4.74 Å². The van der Waals surface area contributed by atoms with Gasteiger partial charge in [0.25, 0.3) is 0 Å². The molecule has 37 heavy (non-hydrogen) atoms. The van der Waals surface area contributed by atoms with E-state index in [-0.39, 0.29) is 37.0 Å². The van der Waals surface area contributed by atoms with Gasteiger partial charge >= 0.3 is 5.97 Å². The SMILES string of the molecule is C=CCCOC(=O)[C@H]1[C@H]2C(=O)N(CCCCCO)C(C(=O)N(CC=C)C3CCCCC3)C23CC[C@]1(C)S3. The lowest BCUT2D eigenvalue weighted by Crippen LogP contribution is -2.57. The van der Waals surface area contributed by atoms with Crippen LogP contribution in [0.2, 0.25) is 0 Å². The minimum Gasteiger partial charge on any atom is -0.465 e. The van der Waals surface area contributed by atoms with E-state index in [0.717, 1.165) is 51.4 Å². The van der Waals surface area contributed by atoms with Gasteiger partial charge in [-0.25, -0.2) is 0 Å². The number of hydrogen-bond donors (Lipinski definition) is 1. The molecule has 2 amide bonds. The minimum absolute atomic E-state index is 0.0160. The minimum atomic E-state index is -0.615. The van der Waals surface area contributed by atoms with Crippen LogP contribution in [-0.4, -0.2) is 80.6 Å². The second kappa shape index (κ2) is 11.9. The molecule has 1 saturated carbocycles. The molecule has 3 aliphatic heterocycles. The number of rotatable bonds is 13. The molecule has 4 aliphatic rings. The predicted molar refractivity (Wildman–Crippen MR) is 146 cm³/mol. The van der Waals surface area contributed by atoms with Crippen molar-refractivity contribution < 1.29 is 24.2 Å². The number of thioether (sulfide) groups is 1. The molecule has 1 N–H and O–H groups in total. The van der Waals surface area contributed by atoms with Gasteiger partial charge in [0, 0.05) is 30.5 Å². The second-order valence-corrected chi connectivity index (χ2v) is 13.3. The monoisotopic (exact) mass is 532 g/mol. The third kappa shape index (κ3) is 5.12. The Hall–Kier alpha value is -1.80. The number of hydrogen-bond acceptors (Lipinski definition) is 6. The normalized spacial score (nSPS) is 32.9. The zero-order valence-electron chi connectivity index (χ0n) is 22.4. The third-order valence-corrected chi connectivity index (χ3v) is 11.0. The molecule has 1 spiro atoms. The third-order valence-electron chi connectivity index (χ3n) is 9.01. The van der Waals surface area contributed by atoms with E-state index >= 15 is 0 Å². The summed E-state index contributed by atoms with van der Waals surface area (Å²) in [6.07, 6.45) is 13.2. The summed E-state index contributed by atoms with van der Waals surface area (Å²) >= 11 is 1.70. The average Bonchev–Trinajstić information content (AvgIpc) is 3.46. The second-order valence-electron chi connectivity index (χ2n) is 11.4. The summed E-state index contributed by atoms with van der Waals surface area (Å²) < 4.78 is 4.60. The van der Waals surface area contributed by atoms with Crippen molar-refractivity contribution in [3.05, 3.63) is 25.3 Å². The molecule has 0 aromatic heterocycles. The van der Waals surface area contributed by atoms with E-state index in [1.54, 1.807) is 28.8 Å². The maximum absolute atomic E-state index is 14.5. The largest absolute Gasteiger partial charge is 0.465 e. The number of nitrogens with zero attached hydrogens (tertiary/aromatic N) is 2. The van der Waals surface area contributed by atoms with Gasteiger partial charge in [-0.2, -0.15) is 0 Å². The van der Waals surface area contributed by atoms with Crippen LogP contribution >= 0.6 is 11.8 Å². The van der Waals surface area contributed by atoms with Gasteiger partial charge in [0.1, 0.15) is 6.04 Å². The molecular weight excluding hydrogens is 488 g/mol. The summed E-state index contributed by atoms with van der Waals surface area (Å²) in [6, 6.07) is -0.418. The Morgan fingerprint density at radius 3 is 2.59 bits per heavy atom. The molecule has 206 valence electrons. The Morgan fingerprint density at radius 1 is 1.16 bits per heavy atom. The van der Waals surface area contributed by atoms with E-state index in [9.17, 15) is 19.5 Å². The number of carbonyl (C=O) groups excluding carboxylic acids is 3. The quantitative estimate of drug-likeness (QED) is 0.218. The van der Waals surface area contributed by atoms with Gasteiger partial charge in [0.05, 0.1) is 23.2 Å². The van der Waals surface area contributed by atoms with E-state index < -0.39 is 27.4 Å². The van der Waals surface area contributed by atoms with E-state index in [1.165, 1.54) is 6.42 Å². The highest BCUT2D eigenvalue weighted by molar-refractivity contribution is 8.02. The molecule has 0 aromatic carbocycles. The molecule has 1 aliphatic carbocycles. The Bertz CT molecular complexity index is 890. The van der Waals surface area contributed by atoms with Gasteiger partial charge in [0.15, 0.2) is 0 Å². The standard InChI is InChI=1S/C29H44N2O5S/c1-4-6-20-36-27(35)23-22-25(33)31(18-11-8-12-19-32)24(29(22)16-15-28(23,3)37-29)26(34)30(17-5-2)21-13-9-7-10-14-21/h4-5,21-24,32H,1-2,6-20H2,3H3/t22-,23+,24?,28-,29?/m0/s1. The number of fused-ring (bicyclic) bond motifs is 1. The van der Waals surface area contributed by atoms with Crippen molar-refractivity contribution in [2.75, 3.05) is 26.3 Å². The summed E-state index contributed by atoms with van der Waals surface area (Å²) in [4.78, 5) is 45.8. The molecule has 5 atom stereocenters. The van der Waals surface area contributed by atoms with Crippen LogP contribution in [0.1, 0.15) is 77.6 Å². The van der Waals surface area contributed by atoms with Crippen molar-refractivity contribution in [1.82, 2.24) is 9.80 Å². The number of esters is 1. The van der Waals surface area contributed by atoms with Crippen molar-refractivity contribution in [3.63, 3.8) is 0 Å². The fraction of sp³-hybridized carbons (Fsp3) is 0.759. The van der Waals surface area contributed by atoms with Crippen LogP contribution in [-0.2, 0) is 19.1 Å². The number of carbonyl (C=O) groups is 3. The lowest BCUT2D eigenvalue weighted by atomic mass is 9.66. The molecule has 2 bridgehead atoms. The summed E-state index contributed by atoms with van der Waals surface area (Å²) in [5.41, 5.74) is 0. The molecule has 3 heterocycles. The smallest absolute Gasteiger partial charge is 0.311 e. The van der Waals surface area contributed by atoms with Crippen LogP contribution < -0.4 is 0 Å². The molecule has 0 radical (unpaired) electrons. The lowest BCUT2D eigenvalue weighted by Gasteiger charge is -2.41. The van der Waals surface area contributed by atoms with Gasteiger partial charge in [-0.15, -0.1) is 24.9 Å². The van der Waals surface area contributed by atoms with Crippen molar-refractivity contribution in [1.29, 1.82) is 0 Å². The summed E-state index contributed by atoms with van der Waals surface area (Å²) in [5, 5.41) is 9.24. The van der Waals surface area contributed by atoms with Gasteiger partial charge in [-0.05, 0) is 58.3 Å². The van der Waals surface area contributed by atoms with Crippen molar-refractivity contribution in [2.24, 2.45) is 11.8 Å². The molecule has 3 saturated heterocycles. The molecule has 0 aromatic rings. The maximum Gasteiger partial charge on any atom is 0.311 e. The van der Waals surface area contributed by atoms with Crippen LogP contribution in [0.3, 0.4) is 0 Å².